The number of carbonyl (C=O) groups excluding carboxylic acids is 1. The molecule has 2 aromatic rings. The van der Waals surface area contributed by atoms with Gasteiger partial charge in [0.15, 0.2) is 11.5 Å². The monoisotopic (exact) mass is 381 g/mol. The fourth-order valence-corrected chi connectivity index (χ4v) is 4.42. The molecule has 0 unspecified atom stereocenters. The van der Waals surface area contributed by atoms with Crippen molar-refractivity contribution < 1.29 is 23.7 Å². The molecule has 1 amide bonds. The van der Waals surface area contributed by atoms with Gasteiger partial charge >= 0.3 is 0 Å². The number of likely N-dealkylation sites (tertiary alicyclic amines) is 1. The van der Waals surface area contributed by atoms with Crippen LogP contribution in [0.1, 0.15) is 37.3 Å². The largest absolute Gasteiger partial charge is 0.497 e. The van der Waals surface area contributed by atoms with Crippen LogP contribution in [-0.2, 0) is 4.79 Å². The molecular formula is C22H23NO5. The minimum absolute atomic E-state index is 0.0605. The number of ether oxygens (including phenoxy) is 4. The molecule has 5 rings (SSSR count). The van der Waals surface area contributed by atoms with Gasteiger partial charge in [-0.3, -0.25) is 4.79 Å². The maximum absolute atomic E-state index is 13.0. The van der Waals surface area contributed by atoms with E-state index >= 15 is 0 Å². The summed E-state index contributed by atoms with van der Waals surface area (Å²) in [5, 5.41) is 0. The van der Waals surface area contributed by atoms with Crippen molar-refractivity contribution in [2.45, 2.75) is 43.9 Å². The third-order valence-corrected chi connectivity index (χ3v) is 5.86. The van der Waals surface area contributed by atoms with Gasteiger partial charge < -0.3 is 23.8 Å². The van der Waals surface area contributed by atoms with Crippen molar-refractivity contribution in [1.29, 1.82) is 0 Å². The van der Waals surface area contributed by atoms with Crippen molar-refractivity contribution in [3.63, 3.8) is 0 Å². The highest BCUT2D eigenvalue weighted by Crippen LogP contribution is 2.45. The van der Waals surface area contributed by atoms with Crippen LogP contribution in [0.3, 0.4) is 0 Å². The van der Waals surface area contributed by atoms with Gasteiger partial charge in [-0.2, -0.15) is 0 Å². The number of β-lactam (4-membered cyclic amide) rings is 1. The molecule has 1 aliphatic carbocycles. The van der Waals surface area contributed by atoms with Gasteiger partial charge in [-0.25, -0.2) is 0 Å². The summed E-state index contributed by atoms with van der Waals surface area (Å²) in [7, 11) is 1.63. The molecule has 2 fully saturated rings. The summed E-state index contributed by atoms with van der Waals surface area (Å²) in [5.41, 5.74) is 1.02. The third kappa shape index (κ3) is 2.84. The molecule has 2 heterocycles. The zero-order valence-electron chi connectivity index (χ0n) is 15.8. The van der Waals surface area contributed by atoms with E-state index in [0.29, 0.717) is 11.8 Å². The van der Waals surface area contributed by atoms with Crippen LogP contribution in [0.2, 0.25) is 0 Å². The molecule has 2 atom stereocenters. The van der Waals surface area contributed by atoms with Crippen LogP contribution in [0.15, 0.2) is 42.5 Å². The molecule has 3 aliphatic rings. The molecule has 2 aliphatic heterocycles. The highest BCUT2D eigenvalue weighted by atomic mass is 16.7. The van der Waals surface area contributed by atoms with E-state index in [4.69, 9.17) is 18.9 Å². The lowest BCUT2D eigenvalue weighted by Crippen LogP contribution is -2.64. The number of hydrogen-bond acceptors (Lipinski definition) is 5. The Balaban J connectivity index is 1.43. The number of carbonyl (C=O) groups is 1. The lowest BCUT2D eigenvalue weighted by atomic mass is 9.87. The topological polar surface area (TPSA) is 57.2 Å². The van der Waals surface area contributed by atoms with Crippen LogP contribution in [0, 0.1) is 0 Å². The molecule has 2 aromatic carbocycles. The second kappa shape index (κ2) is 6.93. The average molecular weight is 381 g/mol. The second-order valence-corrected chi connectivity index (χ2v) is 7.46. The van der Waals surface area contributed by atoms with Crippen LogP contribution >= 0.6 is 0 Å². The fourth-order valence-electron chi connectivity index (χ4n) is 4.42. The van der Waals surface area contributed by atoms with E-state index in [0.717, 1.165) is 35.7 Å². The first-order valence-electron chi connectivity index (χ1n) is 9.77. The smallest absolute Gasteiger partial charge is 0.267 e. The van der Waals surface area contributed by atoms with Gasteiger partial charge in [-0.15, -0.1) is 0 Å². The van der Waals surface area contributed by atoms with Gasteiger partial charge in [0.25, 0.3) is 5.91 Å². The summed E-state index contributed by atoms with van der Waals surface area (Å²) in [4.78, 5) is 15.0. The SMILES string of the molecule is COc1ccc(O[C@H]2C(=O)N(C3CCCC3)[C@H]2c2ccc3c(c2)OCO3)cc1. The molecule has 0 spiro atoms. The first-order valence-corrected chi connectivity index (χ1v) is 9.77. The van der Waals surface area contributed by atoms with Crippen LogP contribution in [0.4, 0.5) is 0 Å². The number of nitrogens with zero attached hydrogens (tertiary/aromatic N) is 1. The number of fused-ring (bicyclic) bond motifs is 1. The molecular weight excluding hydrogens is 358 g/mol. The minimum atomic E-state index is -0.533. The van der Waals surface area contributed by atoms with Gasteiger partial charge in [0.1, 0.15) is 17.5 Å². The number of benzene rings is 2. The van der Waals surface area contributed by atoms with Gasteiger partial charge in [0.05, 0.1) is 7.11 Å². The van der Waals surface area contributed by atoms with Crippen LogP contribution in [-0.4, -0.2) is 36.9 Å². The van der Waals surface area contributed by atoms with Crippen molar-refractivity contribution in [3.05, 3.63) is 48.0 Å². The molecule has 1 saturated carbocycles. The molecule has 0 aromatic heterocycles. The average Bonchev–Trinajstić information content (AvgIpc) is 3.41. The van der Waals surface area contributed by atoms with Crippen molar-refractivity contribution in [3.8, 4) is 23.0 Å². The lowest BCUT2D eigenvalue weighted by Gasteiger charge is -2.50. The highest BCUT2D eigenvalue weighted by molar-refractivity contribution is 5.89. The summed E-state index contributed by atoms with van der Waals surface area (Å²) in [5.74, 6) is 2.95. The van der Waals surface area contributed by atoms with E-state index in [9.17, 15) is 4.79 Å². The zero-order valence-corrected chi connectivity index (χ0v) is 15.8. The minimum Gasteiger partial charge on any atom is -0.497 e. The number of methoxy groups -OCH3 is 1. The van der Waals surface area contributed by atoms with E-state index < -0.39 is 6.10 Å². The Kier molecular flexibility index (Phi) is 4.26. The first-order chi connectivity index (χ1) is 13.7. The molecule has 0 radical (unpaired) electrons. The lowest BCUT2D eigenvalue weighted by molar-refractivity contribution is -0.169. The Morgan fingerprint density at radius 2 is 1.68 bits per heavy atom. The molecule has 28 heavy (non-hydrogen) atoms. The summed E-state index contributed by atoms with van der Waals surface area (Å²) >= 11 is 0. The molecule has 6 heteroatoms. The normalized spacial score (nSPS) is 23.6. The van der Waals surface area contributed by atoms with Gasteiger partial charge in [-0.05, 0) is 54.8 Å². The Labute approximate surface area is 163 Å². The van der Waals surface area contributed by atoms with Crippen LogP contribution in [0.25, 0.3) is 0 Å². The predicted octanol–water partition coefficient (Wildman–Crippen LogP) is 3.70. The van der Waals surface area contributed by atoms with E-state index in [-0.39, 0.29) is 18.7 Å². The van der Waals surface area contributed by atoms with Crippen LogP contribution < -0.4 is 18.9 Å². The molecule has 0 bridgehead atoms. The molecule has 6 nitrogen and oxygen atoms in total. The number of rotatable bonds is 5. The van der Waals surface area contributed by atoms with E-state index in [2.05, 4.69) is 0 Å². The standard InChI is InChI=1S/C22H23NO5/c1-25-16-7-9-17(10-8-16)28-21-20(23(22(21)24)15-4-2-3-5-15)14-6-11-18-19(12-14)27-13-26-18/h6-12,15,20-21H,2-5,13H2,1H3/t20-,21+/m0/s1. The Bertz CT molecular complexity index is 875. The number of amides is 1. The van der Waals surface area contributed by atoms with Crippen LogP contribution in [0.5, 0.6) is 23.0 Å². The van der Waals surface area contributed by atoms with E-state index in [1.54, 1.807) is 7.11 Å². The molecule has 0 N–H and O–H groups in total. The summed E-state index contributed by atoms with van der Waals surface area (Å²) in [6, 6.07) is 13.4. The quantitative estimate of drug-likeness (QED) is 0.739. The Hall–Kier alpha value is -2.89. The Morgan fingerprint density at radius 3 is 2.43 bits per heavy atom. The number of hydrogen-bond donors (Lipinski definition) is 0. The first kappa shape index (κ1) is 17.2. The highest BCUT2D eigenvalue weighted by Gasteiger charge is 2.53. The summed E-state index contributed by atoms with van der Waals surface area (Å²) < 4.78 is 22.3. The maximum Gasteiger partial charge on any atom is 0.267 e. The summed E-state index contributed by atoms with van der Waals surface area (Å²) in [6.07, 6.45) is 3.93. The van der Waals surface area contributed by atoms with Gasteiger partial charge in [0.2, 0.25) is 12.9 Å². The maximum atomic E-state index is 13.0. The van der Waals surface area contributed by atoms with E-state index in [1.807, 2.05) is 47.4 Å². The predicted molar refractivity (Wildman–Crippen MR) is 102 cm³/mol. The zero-order chi connectivity index (χ0) is 19.1. The van der Waals surface area contributed by atoms with Gasteiger partial charge in [0, 0.05) is 6.04 Å². The summed E-state index contributed by atoms with van der Waals surface area (Å²) in [6.45, 7) is 0.237. The van der Waals surface area contributed by atoms with Crippen molar-refractivity contribution in [2.24, 2.45) is 0 Å². The van der Waals surface area contributed by atoms with E-state index in [1.165, 1.54) is 12.8 Å². The fraction of sp³-hybridized carbons (Fsp3) is 0.409. The van der Waals surface area contributed by atoms with Crippen molar-refractivity contribution in [2.75, 3.05) is 13.9 Å². The van der Waals surface area contributed by atoms with Crippen molar-refractivity contribution in [1.82, 2.24) is 4.90 Å². The Morgan fingerprint density at radius 1 is 0.964 bits per heavy atom. The molecule has 1 saturated heterocycles. The third-order valence-electron chi connectivity index (χ3n) is 5.86. The van der Waals surface area contributed by atoms with Gasteiger partial charge in [-0.1, -0.05) is 18.9 Å². The molecule has 146 valence electrons. The van der Waals surface area contributed by atoms with Crippen molar-refractivity contribution >= 4 is 5.91 Å². The second-order valence-electron chi connectivity index (χ2n) is 7.46.